The van der Waals surface area contributed by atoms with Gasteiger partial charge < -0.3 is 9.88 Å². The molecule has 1 aromatic carbocycles. The lowest BCUT2D eigenvalue weighted by Crippen LogP contribution is -2.51. The Labute approximate surface area is 166 Å². The standard InChI is InChI=1S/C17H15Cl2N4O3P/c18-12-3-1-11-2-4-13(22-16(11)15(12)19)17(26-27(24)25)9-20-6-5-14(17)23-8-7-21-10-23/h1-4,7-8,10,14,20H,5-6,9H2/p+1. The van der Waals surface area contributed by atoms with Crippen molar-refractivity contribution in [2.24, 2.45) is 0 Å². The highest BCUT2D eigenvalue weighted by atomic mass is 35.5. The molecule has 1 aliphatic rings. The third-order valence-electron chi connectivity index (χ3n) is 4.83. The Morgan fingerprint density at radius 1 is 1.33 bits per heavy atom. The smallest absolute Gasteiger partial charge is 0.331 e. The molecule has 3 aromatic rings. The van der Waals surface area contributed by atoms with E-state index in [1.807, 2.05) is 22.9 Å². The van der Waals surface area contributed by atoms with Gasteiger partial charge in [0.15, 0.2) is 0 Å². The van der Waals surface area contributed by atoms with Crippen molar-refractivity contribution < 1.29 is 14.0 Å². The molecule has 1 fully saturated rings. The maximum Gasteiger partial charge on any atom is 0.695 e. The Morgan fingerprint density at radius 3 is 2.89 bits per heavy atom. The molecule has 0 spiro atoms. The van der Waals surface area contributed by atoms with E-state index in [2.05, 4.69) is 15.3 Å². The fraction of sp³-hybridized carbons (Fsp3) is 0.294. The highest BCUT2D eigenvalue weighted by molar-refractivity contribution is 7.32. The topological polar surface area (TPSA) is 89.3 Å². The number of imidazole rings is 1. The summed E-state index contributed by atoms with van der Waals surface area (Å²) in [4.78, 5) is 18.4. The second kappa shape index (κ2) is 7.43. The van der Waals surface area contributed by atoms with E-state index in [0.717, 1.165) is 11.9 Å². The van der Waals surface area contributed by atoms with Crippen molar-refractivity contribution in [1.82, 2.24) is 19.9 Å². The maximum absolute atomic E-state index is 11.7. The van der Waals surface area contributed by atoms with Gasteiger partial charge in [0, 0.05) is 28.9 Å². The second-order valence-electron chi connectivity index (χ2n) is 6.34. The molecule has 140 valence electrons. The molecule has 0 amide bonds. The van der Waals surface area contributed by atoms with Gasteiger partial charge in [-0.05, 0) is 25.1 Å². The van der Waals surface area contributed by atoms with E-state index in [1.54, 1.807) is 24.7 Å². The first-order valence-corrected chi connectivity index (χ1v) is 10.2. The molecule has 0 bridgehead atoms. The number of rotatable bonds is 4. The number of aromatic nitrogens is 3. The second-order valence-corrected chi connectivity index (χ2v) is 7.78. The number of fused-ring (bicyclic) bond motifs is 1. The van der Waals surface area contributed by atoms with Crippen molar-refractivity contribution in [2.45, 2.75) is 18.1 Å². The number of hydrogen-bond acceptors (Lipinski definition) is 5. The highest BCUT2D eigenvalue weighted by Gasteiger charge is 2.52. The molecule has 1 aliphatic heterocycles. The Kier molecular flexibility index (Phi) is 5.16. The minimum atomic E-state index is -2.88. The van der Waals surface area contributed by atoms with E-state index in [0.29, 0.717) is 34.2 Å². The van der Waals surface area contributed by atoms with E-state index < -0.39 is 13.9 Å². The molecule has 27 heavy (non-hydrogen) atoms. The molecule has 0 aliphatic carbocycles. The molecule has 0 saturated carbocycles. The first kappa shape index (κ1) is 18.7. The van der Waals surface area contributed by atoms with Gasteiger partial charge in [0.25, 0.3) is 0 Å². The molecule has 3 unspecified atom stereocenters. The average Bonchev–Trinajstić information content (AvgIpc) is 3.19. The Balaban J connectivity index is 1.92. The van der Waals surface area contributed by atoms with Gasteiger partial charge in [-0.15, -0.1) is 9.42 Å². The van der Waals surface area contributed by atoms with Crippen LogP contribution in [0.25, 0.3) is 10.9 Å². The molecule has 3 atom stereocenters. The number of hydrogen-bond donors (Lipinski definition) is 2. The zero-order valence-electron chi connectivity index (χ0n) is 14.0. The van der Waals surface area contributed by atoms with Crippen molar-refractivity contribution in [3.63, 3.8) is 0 Å². The van der Waals surface area contributed by atoms with Crippen LogP contribution in [0.4, 0.5) is 0 Å². The average molecular weight is 426 g/mol. The van der Waals surface area contributed by atoms with Gasteiger partial charge in [-0.3, -0.25) is 0 Å². The van der Waals surface area contributed by atoms with Crippen LogP contribution in [0.1, 0.15) is 18.2 Å². The Bertz CT molecular complexity index is 1000. The number of halogens is 2. The van der Waals surface area contributed by atoms with Crippen LogP contribution in [0.15, 0.2) is 43.0 Å². The summed E-state index contributed by atoms with van der Waals surface area (Å²) in [6.07, 6.45) is 5.81. The van der Waals surface area contributed by atoms with Crippen LogP contribution >= 0.6 is 31.5 Å². The number of pyridine rings is 1. The summed E-state index contributed by atoms with van der Waals surface area (Å²) in [5.74, 6) is 0. The largest absolute Gasteiger partial charge is 0.695 e. The third-order valence-corrected chi connectivity index (χ3v) is 6.11. The molecule has 2 aromatic heterocycles. The molecular weight excluding hydrogens is 410 g/mol. The predicted octanol–water partition coefficient (Wildman–Crippen LogP) is 3.83. The SMILES string of the molecule is O=[P+](O)OC1(c2ccc3ccc(Cl)c(Cl)c3n2)CNCCC1n1ccnc1. The molecule has 3 heterocycles. The van der Waals surface area contributed by atoms with Gasteiger partial charge in [0.05, 0.1) is 33.6 Å². The van der Waals surface area contributed by atoms with Gasteiger partial charge in [-0.2, -0.15) is 0 Å². The van der Waals surface area contributed by atoms with Gasteiger partial charge in [-0.25, -0.2) is 9.97 Å². The summed E-state index contributed by atoms with van der Waals surface area (Å²) in [7, 11) is -2.88. The Hall–Kier alpha value is -1.60. The van der Waals surface area contributed by atoms with Crippen molar-refractivity contribution in [1.29, 1.82) is 0 Å². The van der Waals surface area contributed by atoms with Crippen LogP contribution in [-0.2, 0) is 14.7 Å². The van der Waals surface area contributed by atoms with Gasteiger partial charge in [0.2, 0.25) is 5.60 Å². The zero-order valence-corrected chi connectivity index (χ0v) is 16.5. The van der Waals surface area contributed by atoms with Crippen molar-refractivity contribution in [2.75, 3.05) is 13.1 Å². The van der Waals surface area contributed by atoms with Crippen LogP contribution in [0.2, 0.25) is 10.0 Å². The van der Waals surface area contributed by atoms with Crippen LogP contribution < -0.4 is 5.32 Å². The molecule has 1 saturated heterocycles. The highest BCUT2D eigenvalue weighted by Crippen LogP contribution is 2.46. The normalized spacial score (nSPS) is 23.5. The summed E-state index contributed by atoms with van der Waals surface area (Å²) in [6.45, 7) is 1.05. The van der Waals surface area contributed by atoms with Crippen molar-refractivity contribution in [3.05, 3.63) is 58.7 Å². The number of nitrogens with one attached hydrogen (secondary N) is 1. The quantitative estimate of drug-likeness (QED) is 0.617. The third kappa shape index (κ3) is 3.36. The fourth-order valence-corrected chi connectivity index (χ4v) is 4.54. The minimum absolute atomic E-state index is 0.268. The van der Waals surface area contributed by atoms with E-state index in [1.165, 1.54) is 0 Å². The molecule has 2 N–H and O–H groups in total. The first-order valence-electron chi connectivity index (χ1n) is 8.30. The summed E-state index contributed by atoms with van der Waals surface area (Å²) in [5.41, 5.74) is -0.142. The zero-order chi connectivity index (χ0) is 19.0. The maximum atomic E-state index is 11.7. The number of piperidine rings is 1. The predicted molar refractivity (Wildman–Crippen MR) is 103 cm³/mol. The molecule has 10 heteroatoms. The van der Waals surface area contributed by atoms with E-state index in [9.17, 15) is 9.46 Å². The lowest BCUT2D eigenvalue weighted by molar-refractivity contribution is -0.0154. The minimum Gasteiger partial charge on any atom is -0.331 e. The van der Waals surface area contributed by atoms with Crippen molar-refractivity contribution in [3.8, 4) is 0 Å². The fourth-order valence-electron chi connectivity index (χ4n) is 3.61. The van der Waals surface area contributed by atoms with Crippen LogP contribution in [0.5, 0.6) is 0 Å². The lowest BCUT2D eigenvalue weighted by Gasteiger charge is -2.39. The van der Waals surface area contributed by atoms with Crippen LogP contribution in [0.3, 0.4) is 0 Å². The van der Waals surface area contributed by atoms with E-state index in [-0.39, 0.29) is 6.04 Å². The van der Waals surface area contributed by atoms with Gasteiger partial charge in [0.1, 0.15) is 0 Å². The van der Waals surface area contributed by atoms with Crippen LogP contribution in [-0.4, -0.2) is 32.5 Å². The van der Waals surface area contributed by atoms with E-state index >= 15 is 0 Å². The lowest BCUT2D eigenvalue weighted by atomic mass is 9.84. The molecule has 0 radical (unpaired) electrons. The summed E-state index contributed by atoms with van der Waals surface area (Å²) in [5, 5.41) is 4.80. The summed E-state index contributed by atoms with van der Waals surface area (Å²) in [6, 6.07) is 6.92. The monoisotopic (exact) mass is 425 g/mol. The molecule has 4 rings (SSSR count). The van der Waals surface area contributed by atoms with E-state index in [4.69, 9.17) is 27.7 Å². The number of benzene rings is 1. The summed E-state index contributed by atoms with van der Waals surface area (Å²) >= 11 is 12.5. The Morgan fingerprint density at radius 2 is 2.15 bits per heavy atom. The summed E-state index contributed by atoms with van der Waals surface area (Å²) < 4.78 is 19.3. The van der Waals surface area contributed by atoms with Gasteiger partial charge in [-0.1, -0.05) is 35.3 Å². The first-order chi connectivity index (χ1) is 13.0. The molecule has 7 nitrogen and oxygen atoms in total. The van der Waals surface area contributed by atoms with Crippen molar-refractivity contribution >= 4 is 42.4 Å². The number of nitrogens with zero attached hydrogens (tertiary/aromatic N) is 3. The van der Waals surface area contributed by atoms with Crippen LogP contribution in [0, 0.1) is 0 Å². The van der Waals surface area contributed by atoms with Gasteiger partial charge >= 0.3 is 8.25 Å². The molecular formula is C17H16Cl2N4O3P+.